The molecule has 13 heteroatoms. The first kappa shape index (κ1) is 20.8. The van der Waals surface area contributed by atoms with Crippen LogP contribution in [-0.2, 0) is 15.2 Å². The number of fused-ring (bicyclic) bond motifs is 1. The van der Waals surface area contributed by atoms with E-state index in [0.29, 0.717) is 32.2 Å². The number of carbonyl (C=O) groups is 2. The maximum atomic E-state index is 12.2. The minimum absolute atomic E-state index is 0.132. The fourth-order valence-electron chi connectivity index (χ4n) is 2.40. The van der Waals surface area contributed by atoms with Crippen LogP contribution in [0.15, 0.2) is 8.76 Å². The molecule has 154 valence electrons. The zero-order chi connectivity index (χ0) is 21.0. The van der Waals surface area contributed by atoms with E-state index in [-0.39, 0.29) is 30.3 Å². The van der Waals surface area contributed by atoms with Gasteiger partial charge in [0.15, 0.2) is 4.34 Å². The Kier molecular flexibility index (Phi) is 6.49. The number of nitrogen functional groups attached to an aromatic ring is 1. The van der Waals surface area contributed by atoms with Gasteiger partial charge in [0.1, 0.15) is 23.0 Å². The number of ether oxygens (including phenoxy) is 2. The van der Waals surface area contributed by atoms with Gasteiger partial charge in [-0.3, -0.25) is 5.32 Å². The minimum atomic E-state index is -0.590. The van der Waals surface area contributed by atoms with Crippen molar-refractivity contribution in [3.05, 3.63) is 17.1 Å². The van der Waals surface area contributed by atoms with Crippen molar-refractivity contribution < 1.29 is 23.5 Å². The summed E-state index contributed by atoms with van der Waals surface area (Å²) < 4.78 is 16.0. The Morgan fingerprint density at radius 3 is 2.69 bits per heavy atom. The zero-order valence-corrected chi connectivity index (χ0v) is 17.5. The molecule has 0 spiro atoms. The van der Waals surface area contributed by atoms with Gasteiger partial charge in [-0.25, -0.2) is 14.6 Å². The predicted molar refractivity (Wildman–Crippen MR) is 107 cm³/mol. The second kappa shape index (κ2) is 9.05. The normalized spacial score (nSPS) is 10.9. The average molecular weight is 438 g/mol. The second-order valence-corrected chi connectivity index (χ2v) is 7.67. The Bertz CT molecular complexity index is 1050. The lowest BCUT2D eigenvalue weighted by Gasteiger charge is -2.03. The highest BCUT2D eigenvalue weighted by atomic mass is 32.2. The maximum Gasteiger partial charge on any atom is 0.413 e. The second-order valence-electron chi connectivity index (χ2n) is 5.47. The molecule has 0 bridgehead atoms. The number of aryl methyl sites for hydroxylation is 1. The number of carbonyl (C=O) groups excluding carboxylic acids is 2. The van der Waals surface area contributed by atoms with Crippen LogP contribution in [0.4, 0.5) is 15.7 Å². The predicted octanol–water partition coefficient (Wildman–Crippen LogP) is 3.00. The molecule has 0 fully saturated rings. The molecular weight excluding hydrogens is 420 g/mol. The van der Waals surface area contributed by atoms with Gasteiger partial charge in [0.25, 0.3) is 0 Å². The first-order valence-corrected chi connectivity index (χ1v) is 10.4. The Morgan fingerprint density at radius 1 is 1.21 bits per heavy atom. The standard InChI is InChI=1S/C16H18N6O5S2/c1-4-25-13(23)9-7(3)27-12-10(9)11(17)18-8(19-12)6-28-16-22-21-14(29-16)20-15(24)26-5-2/h4-6H2,1-3H3,(H2,17,18,19)(H,20,21,24). The van der Waals surface area contributed by atoms with Crippen LogP contribution >= 0.6 is 23.1 Å². The fraction of sp³-hybridized carbons (Fsp3) is 0.375. The van der Waals surface area contributed by atoms with Gasteiger partial charge in [0, 0.05) is 0 Å². The number of nitrogens with two attached hydrogens (primary N) is 1. The molecule has 3 aromatic rings. The number of hydrogen-bond donors (Lipinski definition) is 2. The molecule has 11 nitrogen and oxygen atoms in total. The molecule has 0 aliphatic heterocycles. The molecule has 3 aromatic heterocycles. The molecule has 0 radical (unpaired) electrons. The van der Waals surface area contributed by atoms with Crippen LogP contribution in [0.25, 0.3) is 11.1 Å². The van der Waals surface area contributed by atoms with E-state index in [9.17, 15) is 9.59 Å². The van der Waals surface area contributed by atoms with Gasteiger partial charge in [0.2, 0.25) is 10.8 Å². The first-order valence-electron chi connectivity index (χ1n) is 8.55. The molecule has 29 heavy (non-hydrogen) atoms. The first-order chi connectivity index (χ1) is 13.9. The van der Waals surface area contributed by atoms with Crippen LogP contribution in [-0.4, -0.2) is 45.4 Å². The van der Waals surface area contributed by atoms with Gasteiger partial charge < -0.3 is 19.6 Å². The molecule has 0 saturated heterocycles. The summed E-state index contributed by atoms with van der Waals surface area (Å²) >= 11 is 2.50. The van der Waals surface area contributed by atoms with Crippen LogP contribution in [0.2, 0.25) is 0 Å². The number of furan rings is 1. The summed E-state index contributed by atoms with van der Waals surface area (Å²) in [7, 11) is 0. The number of esters is 1. The number of hydrogen-bond acceptors (Lipinski definition) is 12. The molecule has 0 aromatic carbocycles. The van der Waals surface area contributed by atoms with E-state index in [0.717, 1.165) is 0 Å². The lowest BCUT2D eigenvalue weighted by Crippen LogP contribution is -2.12. The molecule has 0 unspecified atom stereocenters. The van der Waals surface area contributed by atoms with Crippen molar-refractivity contribution in [2.75, 3.05) is 24.3 Å². The average Bonchev–Trinajstić information content (AvgIpc) is 3.24. The SMILES string of the molecule is CCOC(=O)Nc1nnc(SCc2nc(N)c3c(C(=O)OCC)c(C)oc3n2)s1. The molecule has 0 saturated carbocycles. The van der Waals surface area contributed by atoms with Crippen molar-refractivity contribution in [2.24, 2.45) is 0 Å². The summed E-state index contributed by atoms with van der Waals surface area (Å²) in [5.74, 6) is 0.703. The maximum absolute atomic E-state index is 12.2. The third kappa shape index (κ3) is 4.74. The summed E-state index contributed by atoms with van der Waals surface area (Å²) in [5.41, 5.74) is 6.50. The van der Waals surface area contributed by atoms with Crippen molar-refractivity contribution in [1.82, 2.24) is 20.2 Å². The lowest BCUT2D eigenvalue weighted by atomic mass is 10.2. The summed E-state index contributed by atoms with van der Waals surface area (Å²) in [5, 5.41) is 11.0. The number of nitrogens with zero attached hydrogens (tertiary/aromatic N) is 4. The lowest BCUT2D eigenvalue weighted by molar-refractivity contribution is 0.0526. The van der Waals surface area contributed by atoms with E-state index in [2.05, 4.69) is 25.5 Å². The Hall–Kier alpha value is -2.93. The topological polar surface area (TPSA) is 155 Å². The molecule has 3 N–H and O–H groups in total. The summed E-state index contributed by atoms with van der Waals surface area (Å²) in [6.07, 6.45) is -0.590. The van der Waals surface area contributed by atoms with Crippen molar-refractivity contribution >= 4 is 57.2 Å². The largest absolute Gasteiger partial charge is 0.462 e. The molecule has 0 aliphatic carbocycles. The number of rotatable bonds is 7. The van der Waals surface area contributed by atoms with Crippen LogP contribution in [0.1, 0.15) is 35.8 Å². The van der Waals surface area contributed by atoms with E-state index in [1.807, 2.05) is 0 Å². The van der Waals surface area contributed by atoms with Crippen LogP contribution < -0.4 is 11.1 Å². The van der Waals surface area contributed by atoms with Crippen LogP contribution in [0.3, 0.4) is 0 Å². The molecule has 0 atom stereocenters. The molecule has 1 amide bonds. The van der Waals surface area contributed by atoms with Crippen molar-refractivity contribution in [3.8, 4) is 0 Å². The Labute approximate surface area is 173 Å². The third-order valence-electron chi connectivity index (χ3n) is 3.50. The highest BCUT2D eigenvalue weighted by Crippen LogP contribution is 2.31. The van der Waals surface area contributed by atoms with E-state index in [4.69, 9.17) is 19.6 Å². The zero-order valence-electron chi connectivity index (χ0n) is 15.8. The Morgan fingerprint density at radius 2 is 1.97 bits per heavy atom. The molecular formula is C16H18N6O5S2. The molecule has 3 heterocycles. The highest BCUT2D eigenvalue weighted by Gasteiger charge is 2.24. The van der Waals surface area contributed by atoms with Crippen molar-refractivity contribution in [3.63, 3.8) is 0 Å². The smallest absolute Gasteiger partial charge is 0.413 e. The summed E-state index contributed by atoms with van der Waals surface area (Å²) in [6.45, 7) is 5.56. The molecule has 3 rings (SSSR count). The number of anilines is 2. The van der Waals surface area contributed by atoms with Crippen LogP contribution in [0, 0.1) is 6.92 Å². The quantitative estimate of drug-likeness (QED) is 0.317. The molecule has 0 aliphatic rings. The van der Waals surface area contributed by atoms with E-state index in [1.165, 1.54) is 23.1 Å². The van der Waals surface area contributed by atoms with Crippen molar-refractivity contribution in [2.45, 2.75) is 30.9 Å². The summed E-state index contributed by atoms with van der Waals surface area (Å²) in [4.78, 5) is 32.2. The number of nitrogens with one attached hydrogen (secondary N) is 1. The van der Waals surface area contributed by atoms with Gasteiger partial charge in [-0.05, 0) is 20.8 Å². The van der Waals surface area contributed by atoms with Gasteiger partial charge in [-0.2, -0.15) is 4.98 Å². The van der Waals surface area contributed by atoms with Gasteiger partial charge >= 0.3 is 12.1 Å². The number of amides is 1. The minimum Gasteiger partial charge on any atom is -0.462 e. The van der Waals surface area contributed by atoms with Gasteiger partial charge in [-0.15, -0.1) is 10.2 Å². The van der Waals surface area contributed by atoms with E-state index in [1.54, 1.807) is 20.8 Å². The fourth-order valence-corrected chi connectivity index (χ4v) is 3.99. The van der Waals surface area contributed by atoms with Crippen molar-refractivity contribution in [1.29, 1.82) is 0 Å². The Balaban J connectivity index is 1.74. The van der Waals surface area contributed by atoms with E-state index < -0.39 is 12.1 Å². The third-order valence-corrected chi connectivity index (χ3v) is 5.47. The van der Waals surface area contributed by atoms with Crippen LogP contribution in [0.5, 0.6) is 0 Å². The van der Waals surface area contributed by atoms with Gasteiger partial charge in [0.05, 0.1) is 24.4 Å². The van der Waals surface area contributed by atoms with E-state index >= 15 is 0 Å². The summed E-state index contributed by atoms with van der Waals surface area (Å²) in [6, 6.07) is 0. The monoisotopic (exact) mass is 438 g/mol. The van der Waals surface area contributed by atoms with Gasteiger partial charge in [-0.1, -0.05) is 23.1 Å². The number of aromatic nitrogens is 4. The highest BCUT2D eigenvalue weighted by molar-refractivity contribution is 8.00. The number of thioether (sulfide) groups is 1.